The fourth-order valence-corrected chi connectivity index (χ4v) is 0.964. The Morgan fingerprint density at radius 3 is 3.23 bits per heavy atom. The van der Waals surface area contributed by atoms with Gasteiger partial charge >= 0.3 is 5.97 Å². The second-order valence-corrected chi connectivity index (χ2v) is 2.56. The third-order valence-corrected chi connectivity index (χ3v) is 1.62. The van der Waals surface area contributed by atoms with E-state index >= 15 is 0 Å². The summed E-state index contributed by atoms with van der Waals surface area (Å²) in [4.78, 5) is 15.0. The highest BCUT2D eigenvalue weighted by Gasteiger charge is 2.11. The van der Waals surface area contributed by atoms with Gasteiger partial charge in [0.25, 0.3) is 0 Å². The maximum absolute atomic E-state index is 11.3. The first kappa shape index (κ1) is 6.21. The van der Waals surface area contributed by atoms with Crippen molar-refractivity contribution in [2.24, 2.45) is 0 Å². The van der Waals surface area contributed by atoms with Gasteiger partial charge in [-0.1, -0.05) is 11.6 Å². The van der Waals surface area contributed by atoms with Gasteiger partial charge < -0.3 is 10.1 Å². The molecule has 13 heavy (non-hydrogen) atoms. The van der Waals surface area contributed by atoms with Crippen LogP contribution in [0.2, 0.25) is 5.15 Å². The van der Waals surface area contributed by atoms with Crippen LogP contribution in [0, 0.1) is 0 Å². The highest BCUT2D eigenvalue weighted by atomic mass is 35.5. The van der Waals surface area contributed by atoms with E-state index in [4.69, 9.17) is 15.7 Å². The molecule has 0 atom stereocenters. The number of hydrogen-bond acceptors (Lipinski definition) is 4. The predicted molar refractivity (Wildman–Crippen MR) is 50.1 cm³/mol. The molecule has 0 unspecified atom stereocenters. The van der Waals surface area contributed by atoms with E-state index in [1.165, 1.54) is 13.2 Å². The Balaban J connectivity index is 3.13. The second-order valence-electron chi connectivity index (χ2n) is 2.17. The van der Waals surface area contributed by atoms with Crippen LogP contribution < -0.4 is 5.32 Å². The molecule has 1 heterocycles. The molecule has 70 valence electrons. The van der Waals surface area contributed by atoms with Crippen LogP contribution in [0.15, 0.2) is 12.3 Å². The van der Waals surface area contributed by atoms with Crippen molar-refractivity contribution in [3.8, 4) is 0 Å². The number of rotatable bonds is 2. The molecule has 1 N–H and O–H groups in total. The van der Waals surface area contributed by atoms with Crippen LogP contribution in [-0.4, -0.2) is 25.0 Å². The van der Waals surface area contributed by atoms with Crippen molar-refractivity contribution in [1.29, 1.82) is 0 Å². The Morgan fingerprint density at radius 2 is 2.62 bits per heavy atom. The summed E-state index contributed by atoms with van der Waals surface area (Å²) < 4.78 is 25.6. The number of anilines is 1. The molecule has 0 aliphatic heterocycles. The summed E-state index contributed by atoms with van der Waals surface area (Å²) in [7, 11) is 1.19. The van der Waals surface area contributed by atoms with E-state index in [1.54, 1.807) is 0 Å². The molecule has 0 aromatic carbocycles. The number of nitrogens with one attached hydrogen (secondary N) is 1. The lowest BCUT2D eigenvalue weighted by Gasteiger charge is -2.06. The van der Waals surface area contributed by atoms with E-state index < -0.39 is 12.9 Å². The highest BCUT2D eigenvalue weighted by Crippen LogP contribution is 2.18. The zero-order chi connectivity index (χ0) is 12.3. The van der Waals surface area contributed by atoms with Crippen LogP contribution >= 0.6 is 11.6 Å². The first-order chi connectivity index (χ1) is 7.33. The molecule has 0 amide bonds. The quantitative estimate of drug-likeness (QED) is 0.586. The molecule has 0 radical (unpaired) electrons. The highest BCUT2D eigenvalue weighted by molar-refractivity contribution is 6.29. The molecule has 0 saturated heterocycles. The van der Waals surface area contributed by atoms with Gasteiger partial charge in [-0.3, -0.25) is 0 Å². The minimum absolute atomic E-state index is 0.0167. The van der Waals surface area contributed by atoms with Crippen molar-refractivity contribution in [1.82, 2.24) is 4.98 Å². The molecule has 5 heteroatoms. The van der Waals surface area contributed by atoms with Gasteiger partial charge in [0.15, 0.2) is 0 Å². The van der Waals surface area contributed by atoms with E-state index in [1.807, 2.05) is 0 Å². The summed E-state index contributed by atoms with van der Waals surface area (Å²) >= 11 is 5.61. The smallest absolute Gasteiger partial charge is 0.341 e. The Labute approximate surface area is 85.1 Å². The molecule has 1 aromatic heterocycles. The molecule has 0 fully saturated rings. The Hall–Kier alpha value is -1.29. The molecule has 0 aliphatic carbocycles. The molecular weight excluding hydrogens is 192 g/mol. The van der Waals surface area contributed by atoms with Crippen molar-refractivity contribution in [2.45, 2.75) is 0 Å². The minimum Gasteiger partial charge on any atom is -0.465 e. The SMILES string of the molecule is [2H]C([2H])([2H])Nc1cc(Cl)ncc1C(=O)OC. The molecule has 0 saturated carbocycles. The number of halogens is 1. The molecule has 4 nitrogen and oxygen atoms in total. The first-order valence-corrected chi connectivity index (χ1v) is 3.73. The van der Waals surface area contributed by atoms with Gasteiger partial charge in [-0.25, -0.2) is 9.78 Å². The van der Waals surface area contributed by atoms with Gasteiger partial charge in [-0.05, 0) is 6.07 Å². The number of hydrogen-bond donors (Lipinski definition) is 1. The van der Waals surface area contributed by atoms with Crippen LogP contribution in [0.1, 0.15) is 14.5 Å². The minimum atomic E-state index is -2.42. The maximum atomic E-state index is 11.3. The molecule has 1 aromatic rings. The number of nitrogens with zero attached hydrogens (tertiary/aromatic N) is 1. The van der Waals surface area contributed by atoms with Gasteiger partial charge in [-0.15, -0.1) is 0 Å². The van der Waals surface area contributed by atoms with Crippen LogP contribution in [-0.2, 0) is 4.74 Å². The molecule has 0 aliphatic rings. The lowest BCUT2D eigenvalue weighted by molar-refractivity contribution is 0.0601. The third kappa shape index (κ3) is 2.09. The van der Waals surface area contributed by atoms with E-state index in [9.17, 15) is 4.79 Å². The zero-order valence-corrected chi connectivity index (χ0v) is 7.55. The largest absolute Gasteiger partial charge is 0.465 e. The lowest BCUT2D eigenvalue weighted by atomic mass is 10.2. The van der Waals surface area contributed by atoms with Crippen molar-refractivity contribution in [2.75, 3.05) is 19.4 Å². The van der Waals surface area contributed by atoms with Crippen LogP contribution in [0.25, 0.3) is 0 Å². The summed E-state index contributed by atoms with van der Waals surface area (Å²) in [5, 5.41) is 2.26. The summed E-state index contributed by atoms with van der Waals surface area (Å²) in [6, 6.07) is 1.25. The van der Waals surface area contributed by atoms with E-state index in [2.05, 4.69) is 15.0 Å². The van der Waals surface area contributed by atoms with Crippen molar-refractivity contribution in [3.63, 3.8) is 0 Å². The number of methoxy groups -OCH3 is 1. The number of esters is 1. The first-order valence-electron chi connectivity index (χ1n) is 4.85. The molecule has 1 rings (SSSR count). The number of aromatic nitrogens is 1. The fourth-order valence-electron chi connectivity index (χ4n) is 0.806. The van der Waals surface area contributed by atoms with E-state index in [-0.39, 0.29) is 16.4 Å². The van der Waals surface area contributed by atoms with Crippen molar-refractivity contribution < 1.29 is 13.6 Å². The monoisotopic (exact) mass is 203 g/mol. The Morgan fingerprint density at radius 1 is 1.85 bits per heavy atom. The maximum Gasteiger partial charge on any atom is 0.341 e. The predicted octanol–water partition coefficient (Wildman–Crippen LogP) is 1.56. The standard InChI is InChI=1S/C8H9ClN2O2/c1-10-6-3-7(9)11-4-5(6)8(12)13-2/h3-4H,1-2H3,(H,10,11)/i1D3. The average molecular weight is 204 g/mol. The lowest BCUT2D eigenvalue weighted by Crippen LogP contribution is -2.06. The summed E-state index contributed by atoms with van der Waals surface area (Å²) in [5.74, 6) is -0.684. The summed E-state index contributed by atoms with van der Waals surface area (Å²) in [5.41, 5.74) is 0.0786. The average Bonchev–Trinajstić information content (AvgIpc) is 2.14. The number of ether oxygens (including phenoxy) is 1. The summed E-state index contributed by atoms with van der Waals surface area (Å²) in [6.07, 6.45) is 1.16. The number of pyridine rings is 1. The molecule has 0 spiro atoms. The second kappa shape index (κ2) is 4.09. The van der Waals surface area contributed by atoms with Gasteiger partial charge in [0.05, 0.1) is 12.8 Å². The van der Waals surface area contributed by atoms with Gasteiger partial charge in [0, 0.05) is 17.3 Å². The fraction of sp³-hybridized carbons (Fsp3) is 0.250. The Kier molecular flexibility index (Phi) is 1.95. The van der Waals surface area contributed by atoms with Gasteiger partial charge in [0.1, 0.15) is 10.7 Å². The van der Waals surface area contributed by atoms with Crippen molar-refractivity contribution in [3.05, 3.63) is 23.0 Å². The van der Waals surface area contributed by atoms with Crippen LogP contribution in [0.5, 0.6) is 0 Å². The topological polar surface area (TPSA) is 51.2 Å². The number of carbonyl (C=O) groups is 1. The zero-order valence-electron chi connectivity index (χ0n) is 9.80. The van der Waals surface area contributed by atoms with E-state index in [0.29, 0.717) is 0 Å². The van der Waals surface area contributed by atoms with Crippen molar-refractivity contribution >= 4 is 23.3 Å². The number of carbonyl (C=O) groups excluding carboxylic acids is 1. The summed E-state index contributed by atoms with van der Waals surface area (Å²) in [6.45, 7) is -2.42. The molecular formula is C8H9ClN2O2. The molecule has 0 bridgehead atoms. The van der Waals surface area contributed by atoms with Gasteiger partial charge in [-0.2, -0.15) is 0 Å². The Bertz CT molecular complexity index is 409. The van der Waals surface area contributed by atoms with Crippen LogP contribution in [0.3, 0.4) is 0 Å². The third-order valence-electron chi connectivity index (χ3n) is 1.41. The van der Waals surface area contributed by atoms with Crippen LogP contribution in [0.4, 0.5) is 5.69 Å². The van der Waals surface area contributed by atoms with Gasteiger partial charge in [0.2, 0.25) is 0 Å². The normalized spacial score (nSPS) is 13.8. The van der Waals surface area contributed by atoms with E-state index in [0.717, 1.165) is 6.20 Å².